The van der Waals surface area contributed by atoms with Crippen LogP contribution >= 0.6 is 11.8 Å². The molecule has 2 rings (SSSR count). The lowest BCUT2D eigenvalue weighted by atomic mass is 10.0. The van der Waals surface area contributed by atoms with Gasteiger partial charge in [0.15, 0.2) is 11.9 Å². The van der Waals surface area contributed by atoms with Crippen LogP contribution in [0.1, 0.15) is 32.1 Å². The molecule has 1 fully saturated rings. The van der Waals surface area contributed by atoms with Crippen LogP contribution in [-0.4, -0.2) is 44.5 Å². The number of aliphatic hydroxyl groups is 3. The standard InChI is InChI=1S/C12H18O5S/c13-8(6-18-7-4-2-1-3-5-7)11-9(14)10(15)12(16)17-11/h7-8,11,13-15H,1-6H2/t8-,11+/m0/s1. The van der Waals surface area contributed by atoms with E-state index in [1.807, 2.05) is 0 Å². The predicted octanol–water partition coefficient (Wildman–Crippen LogP) is 1.67. The molecule has 0 aromatic carbocycles. The Morgan fingerprint density at radius 3 is 2.50 bits per heavy atom. The SMILES string of the molecule is O=C1O[C@H]([C@@H](O)CSC2CCCCC2)C(O)=C1O. The zero-order chi connectivity index (χ0) is 13.1. The lowest BCUT2D eigenvalue weighted by molar-refractivity contribution is -0.146. The summed E-state index contributed by atoms with van der Waals surface area (Å²) in [5, 5.41) is 29.0. The first-order chi connectivity index (χ1) is 8.59. The normalized spacial score (nSPS) is 27.4. The van der Waals surface area contributed by atoms with Crippen LogP contribution in [-0.2, 0) is 9.53 Å². The number of cyclic esters (lactones) is 1. The van der Waals surface area contributed by atoms with Crippen LogP contribution in [0.5, 0.6) is 0 Å². The third-order valence-corrected chi connectivity index (χ3v) is 4.82. The van der Waals surface area contributed by atoms with Crippen molar-refractivity contribution in [3.63, 3.8) is 0 Å². The highest BCUT2D eigenvalue weighted by molar-refractivity contribution is 7.99. The molecule has 0 saturated heterocycles. The summed E-state index contributed by atoms with van der Waals surface area (Å²) in [7, 11) is 0. The number of hydrogen-bond donors (Lipinski definition) is 3. The summed E-state index contributed by atoms with van der Waals surface area (Å²) in [4.78, 5) is 11.0. The average molecular weight is 274 g/mol. The summed E-state index contributed by atoms with van der Waals surface area (Å²) in [6, 6.07) is 0. The van der Waals surface area contributed by atoms with Crippen LogP contribution in [0.15, 0.2) is 11.5 Å². The fourth-order valence-electron chi connectivity index (χ4n) is 2.28. The van der Waals surface area contributed by atoms with Gasteiger partial charge in [0.05, 0.1) is 0 Å². The zero-order valence-corrected chi connectivity index (χ0v) is 10.9. The molecule has 0 radical (unpaired) electrons. The maximum atomic E-state index is 11.0. The van der Waals surface area contributed by atoms with Gasteiger partial charge in [0.2, 0.25) is 5.76 Å². The molecule has 102 valence electrons. The Morgan fingerprint density at radius 2 is 1.94 bits per heavy atom. The molecule has 0 spiro atoms. The largest absolute Gasteiger partial charge is 0.505 e. The molecule has 5 nitrogen and oxygen atoms in total. The zero-order valence-electron chi connectivity index (χ0n) is 10.0. The van der Waals surface area contributed by atoms with Gasteiger partial charge in [-0.15, -0.1) is 0 Å². The van der Waals surface area contributed by atoms with Crippen molar-refractivity contribution in [1.82, 2.24) is 0 Å². The molecule has 2 atom stereocenters. The molecule has 6 heteroatoms. The Labute approximate surface area is 110 Å². The van der Waals surface area contributed by atoms with Crippen LogP contribution in [0.4, 0.5) is 0 Å². The van der Waals surface area contributed by atoms with Crippen molar-refractivity contribution in [3.8, 4) is 0 Å². The van der Waals surface area contributed by atoms with Crippen molar-refractivity contribution in [2.24, 2.45) is 0 Å². The highest BCUT2D eigenvalue weighted by Gasteiger charge is 2.39. The summed E-state index contributed by atoms with van der Waals surface area (Å²) < 4.78 is 4.71. The van der Waals surface area contributed by atoms with Crippen molar-refractivity contribution in [3.05, 3.63) is 11.5 Å². The van der Waals surface area contributed by atoms with E-state index >= 15 is 0 Å². The Hall–Kier alpha value is -0.880. The van der Waals surface area contributed by atoms with E-state index in [9.17, 15) is 15.0 Å². The molecular formula is C12H18O5S. The number of ether oxygens (including phenoxy) is 1. The second-order valence-corrected chi connectivity index (χ2v) is 6.05. The van der Waals surface area contributed by atoms with Gasteiger partial charge in [-0.05, 0) is 12.8 Å². The van der Waals surface area contributed by atoms with Crippen LogP contribution in [0.3, 0.4) is 0 Å². The van der Waals surface area contributed by atoms with Crippen molar-refractivity contribution < 1.29 is 24.9 Å². The first kappa shape index (κ1) is 13.5. The molecule has 1 saturated carbocycles. The summed E-state index contributed by atoms with van der Waals surface area (Å²) in [5.74, 6) is -1.93. The van der Waals surface area contributed by atoms with Gasteiger partial charge in [0.1, 0.15) is 6.10 Å². The molecule has 0 amide bonds. The summed E-state index contributed by atoms with van der Waals surface area (Å²) in [6.07, 6.45) is 3.91. The quantitative estimate of drug-likeness (QED) is 0.676. The van der Waals surface area contributed by atoms with Crippen LogP contribution < -0.4 is 0 Å². The number of hydrogen-bond acceptors (Lipinski definition) is 6. The topological polar surface area (TPSA) is 87.0 Å². The van der Waals surface area contributed by atoms with Gasteiger partial charge < -0.3 is 20.1 Å². The number of rotatable bonds is 4. The molecule has 1 aliphatic carbocycles. The minimum atomic E-state index is -1.12. The summed E-state index contributed by atoms with van der Waals surface area (Å²) in [5.41, 5.74) is 0. The highest BCUT2D eigenvalue weighted by Crippen LogP contribution is 2.30. The fourth-order valence-corrected chi connectivity index (χ4v) is 3.59. The van der Waals surface area contributed by atoms with Gasteiger partial charge in [-0.2, -0.15) is 11.8 Å². The molecule has 0 aromatic rings. The number of esters is 1. The number of carbonyl (C=O) groups is 1. The third kappa shape index (κ3) is 2.92. The Balaban J connectivity index is 1.81. The monoisotopic (exact) mass is 274 g/mol. The fraction of sp³-hybridized carbons (Fsp3) is 0.750. The van der Waals surface area contributed by atoms with Crippen molar-refractivity contribution >= 4 is 17.7 Å². The average Bonchev–Trinajstić information content (AvgIpc) is 2.65. The Morgan fingerprint density at radius 1 is 1.28 bits per heavy atom. The van der Waals surface area contributed by atoms with E-state index < -0.39 is 29.7 Å². The van der Waals surface area contributed by atoms with Crippen molar-refractivity contribution in [2.45, 2.75) is 49.6 Å². The summed E-state index contributed by atoms with van der Waals surface area (Å²) >= 11 is 1.64. The molecule has 0 unspecified atom stereocenters. The van der Waals surface area contributed by atoms with Crippen LogP contribution in [0, 0.1) is 0 Å². The van der Waals surface area contributed by atoms with Gasteiger partial charge >= 0.3 is 5.97 Å². The molecule has 18 heavy (non-hydrogen) atoms. The maximum absolute atomic E-state index is 11.0. The second kappa shape index (κ2) is 5.84. The van der Waals surface area contributed by atoms with E-state index in [4.69, 9.17) is 9.84 Å². The third-order valence-electron chi connectivity index (χ3n) is 3.34. The first-order valence-electron chi connectivity index (χ1n) is 6.22. The van der Waals surface area contributed by atoms with E-state index in [0.29, 0.717) is 11.0 Å². The molecule has 3 N–H and O–H groups in total. The Kier molecular flexibility index (Phi) is 4.40. The molecular weight excluding hydrogens is 256 g/mol. The minimum Gasteiger partial charge on any atom is -0.505 e. The van der Waals surface area contributed by atoms with E-state index in [0.717, 1.165) is 12.8 Å². The minimum absolute atomic E-state index is 0.389. The Bertz CT molecular complexity index is 348. The van der Waals surface area contributed by atoms with E-state index in [-0.39, 0.29) is 0 Å². The molecule has 0 bridgehead atoms. The molecule has 1 heterocycles. The highest BCUT2D eigenvalue weighted by atomic mass is 32.2. The predicted molar refractivity (Wildman–Crippen MR) is 67.5 cm³/mol. The van der Waals surface area contributed by atoms with Crippen LogP contribution in [0.25, 0.3) is 0 Å². The number of aliphatic hydroxyl groups excluding tert-OH is 3. The van der Waals surface area contributed by atoms with Crippen molar-refractivity contribution in [1.29, 1.82) is 0 Å². The van der Waals surface area contributed by atoms with Gasteiger partial charge in [-0.25, -0.2) is 4.79 Å². The lowest BCUT2D eigenvalue weighted by Crippen LogP contribution is -2.31. The number of thioether (sulfide) groups is 1. The van der Waals surface area contributed by atoms with Gasteiger partial charge in [-0.1, -0.05) is 19.3 Å². The van der Waals surface area contributed by atoms with E-state index in [1.165, 1.54) is 19.3 Å². The van der Waals surface area contributed by atoms with Gasteiger partial charge in [0, 0.05) is 11.0 Å². The lowest BCUT2D eigenvalue weighted by Gasteiger charge is -2.23. The van der Waals surface area contributed by atoms with Gasteiger partial charge in [-0.3, -0.25) is 0 Å². The van der Waals surface area contributed by atoms with Crippen molar-refractivity contribution in [2.75, 3.05) is 5.75 Å². The van der Waals surface area contributed by atoms with E-state index in [1.54, 1.807) is 11.8 Å². The number of carbonyl (C=O) groups excluding carboxylic acids is 1. The molecule has 2 aliphatic rings. The first-order valence-corrected chi connectivity index (χ1v) is 7.27. The molecule has 0 aromatic heterocycles. The summed E-state index contributed by atoms with van der Waals surface area (Å²) in [6.45, 7) is 0. The van der Waals surface area contributed by atoms with Crippen LogP contribution in [0.2, 0.25) is 0 Å². The maximum Gasteiger partial charge on any atom is 0.377 e. The molecule has 1 aliphatic heterocycles. The van der Waals surface area contributed by atoms with E-state index in [2.05, 4.69) is 0 Å². The second-order valence-electron chi connectivity index (χ2n) is 4.72. The smallest absolute Gasteiger partial charge is 0.377 e. The van der Waals surface area contributed by atoms with Gasteiger partial charge in [0.25, 0.3) is 0 Å².